The van der Waals surface area contributed by atoms with Crippen molar-refractivity contribution in [2.45, 2.75) is 12.8 Å². The average Bonchev–Trinajstić information content (AvgIpc) is 2.93. The largest absolute Gasteiger partial charge is 0.338 e. The van der Waals surface area contributed by atoms with Gasteiger partial charge in [0.15, 0.2) is 9.84 Å². The summed E-state index contributed by atoms with van der Waals surface area (Å²) in [6.07, 6.45) is 1.76. The Morgan fingerprint density at radius 3 is 2.44 bits per heavy atom. The Morgan fingerprint density at radius 1 is 1.17 bits per heavy atom. The lowest BCUT2D eigenvalue weighted by molar-refractivity contribution is 0.237. The van der Waals surface area contributed by atoms with E-state index in [1.165, 1.54) is 0 Å². The van der Waals surface area contributed by atoms with Crippen molar-refractivity contribution in [1.29, 1.82) is 0 Å². The van der Waals surface area contributed by atoms with Gasteiger partial charge in [0.1, 0.15) is 0 Å². The van der Waals surface area contributed by atoms with Gasteiger partial charge in [-0.1, -0.05) is 0 Å². The molecule has 7 heteroatoms. The van der Waals surface area contributed by atoms with Gasteiger partial charge in [-0.25, -0.2) is 13.2 Å². The zero-order valence-electron chi connectivity index (χ0n) is 10.4. The van der Waals surface area contributed by atoms with E-state index in [9.17, 15) is 13.2 Å². The fourth-order valence-electron chi connectivity index (χ4n) is 2.46. The molecular weight excluding hydrogens is 254 g/mol. The van der Waals surface area contributed by atoms with Crippen molar-refractivity contribution in [3.63, 3.8) is 0 Å². The molecule has 0 aromatic rings. The van der Waals surface area contributed by atoms with Crippen LogP contribution < -0.4 is 16.0 Å². The summed E-state index contributed by atoms with van der Waals surface area (Å²) >= 11 is 0. The molecule has 2 amide bonds. The summed E-state index contributed by atoms with van der Waals surface area (Å²) in [5.41, 5.74) is 0. The molecule has 104 valence electrons. The molecule has 0 spiro atoms. The van der Waals surface area contributed by atoms with Crippen LogP contribution in [0.3, 0.4) is 0 Å². The molecular formula is C11H21N3O3S. The Kier molecular flexibility index (Phi) is 4.45. The first-order valence-electron chi connectivity index (χ1n) is 6.48. The van der Waals surface area contributed by atoms with Crippen LogP contribution in [0.1, 0.15) is 12.8 Å². The Morgan fingerprint density at radius 2 is 1.89 bits per heavy atom. The molecule has 3 N–H and O–H groups in total. The van der Waals surface area contributed by atoms with Crippen LogP contribution in [0.2, 0.25) is 0 Å². The number of sulfone groups is 1. The molecule has 0 aromatic heterocycles. The summed E-state index contributed by atoms with van der Waals surface area (Å²) in [5.74, 6) is 1.06. The lowest BCUT2D eigenvalue weighted by Gasteiger charge is -2.13. The zero-order chi connectivity index (χ0) is 13.0. The molecule has 18 heavy (non-hydrogen) atoms. The molecule has 0 aliphatic carbocycles. The molecule has 0 radical (unpaired) electrons. The van der Waals surface area contributed by atoms with Crippen LogP contribution in [0.5, 0.6) is 0 Å². The number of hydrogen-bond donors (Lipinski definition) is 3. The van der Waals surface area contributed by atoms with Crippen LogP contribution in [0.15, 0.2) is 0 Å². The van der Waals surface area contributed by atoms with Crippen molar-refractivity contribution in [3.05, 3.63) is 0 Å². The fraction of sp³-hybridized carbons (Fsp3) is 0.909. The second kappa shape index (κ2) is 5.88. The van der Waals surface area contributed by atoms with Gasteiger partial charge in [0, 0.05) is 13.1 Å². The fourth-order valence-corrected chi connectivity index (χ4v) is 4.32. The molecule has 0 aromatic carbocycles. The van der Waals surface area contributed by atoms with Crippen molar-refractivity contribution in [2.24, 2.45) is 11.8 Å². The van der Waals surface area contributed by atoms with Gasteiger partial charge in [0.25, 0.3) is 0 Å². The maximum atomic E-state index is 11.5. The van der Waals surface area contributed by atoms with Gasteiger partial charge >= 0.3 is 6.03 Å². The second-order valence-electron chi connectivity index (χ2n) is 5.22. The van der Waals surface area contributed by atoms with Gasteiger partial charge < -0.3 is 16.0 Å². The Hall–Kier alpha value is -0.820. The normalized spacial score (nSPS) is 30.2. The Labute approximate surface area is 108 Å². The molecule has 2 saturated heterocycles. The van der Waals surface area contributed by atoms with Gasteiger partial charge in [-0.15, -0.1) is 0 Å². The monoisotopic (exact) mass is 275 g/mol. The molecule has 2 atom stereocenters. The van der Waals surface area contributed by atoms with Crippen molar-refractivity contribution in [1.82, 2.24) is 16.0 Å². The van der Waals surface area contributed by atoms with E-state index >= 15 is 0 Å². The van der Waals surface area contributed by atoms with Crippen molar-refractivity contribution in [2.75, 3.05) is 37.7 Å². The van der Waals surface area contributed by atoms with Crippen LogP contribution in [0.25, 0.3) is 0 Å². The quantitative estimate of drug-likeness (QED) is 0.635. The van der Waals surface area contributed by atoms with E-state index in [-0.39, 0.29) is 23.5 Å². The number of carbonyl (C=O) groups excluding carboxylic acids is 1. The smallest absolute Gasteiger partial charge is 0.314 e. The van der Waals surface area contributed by atoms with Crippen molar-refractivity contribution in [3.8, 4) is 0 Å². The highest BCUT2D eigenvalue weighted by Crippen LogP contribution is 2.17. The topological polar surface area (TPSA) is 87.3 Å². The maximum Gasteiger partial charge on any atom is 0.314 e. The first-order chi connectivity index (χ1) is 8.55. The number of hydrogen-bond acceptors (Lipinski definition) is 4. The van der Waals surface area contributed by atoms with E-state index in [4.69, 9.17) is 0 Å². The van der Waals surface area contributed by atoms with Crippen LogP contribution in [0, 0.1) is 11.8 Å². The predicted octanol–water partition coefficient (Wildman–Crippen LogP) is -0.670. The van der Waals surface area contributed by atoms with Crippen LogP contribution in [0.4, 0.5) is 4.79 Å². The van der Waals surface area contributed by atoms with Crippen LogP contribution in [-0.2, 0) is 9.84 Å². The summed E-state index contributed by atoms with van der Waals surface area (Å²) in [5, 5.41) is 8.82. The minimum atomic E-state index is -2.85. The van der Waals surface area contributed by atoms with E-state index in [1.54, 1.807) is 0 Å². The van der Waals surface area contributed by atoms with E-state index in [2.05, 4.69) is 16.0 Å². The summed E-state index contributed by atoms with van der Waals surface area (Å²) in [7, 11) is -2.85. The number of carbonyl (C=O) groups is 1. The van der Waals surface area contributed by atoms with Gasteiger partial charge in [-0.3, -0.25) is 0 Å². The lowest BCUT2D eigenvalue weighted by atomic mass is 10.1. The highest BCUT2D eigenvalue weighted by Gasteiger charge is 2.27. The first-order valence-corrected chi connectivity index (χ1v) is 8.30. The van der Waals surface area contributed by atoms with E-state index in [0.717, 1.165) is 19.5 Å². The molecule has 6 nitrogen and oxygen atoms in total. The predicted molar refractivity (Wildman–Crippen MR) is 69.1 cm³/mol. The van der Waals surface area contributed by atoms with Gasteiger partial charge in [0.05, 0.1) is 11.5 Å². The highest BCUT2D eigenvalue weighted by atomic mass is 32.2. The second-order valence-corrected chi connectivity index (χ2v) is 7.45. The van der Waals surface area contributed by atoms with Gasteiger partial charge in [-0.2, -0.15) is 0 Å². The molecule has 2 heterocycles. The Bertz CT molecular complexity index is 390. The molecule has 2 fully saturated rings. The molecule has 0 saturated carbocycles. The summed E-state index contributed by atoms with van der Waals surface area (Å²) < 4.78 is 22.5. The standard InChI is InChI=1S/C11H21N3O3S/c15-11(13-6-9-1-3-12-5-9)14-7-10-2-4-18(16,17)8-10/h9-10,12H,1-8H2,(H2,13,14,15). The van der Waals surface area contributed by atoms with Crippen molar-refractivity contribution < 1.29 is 13.2 Å². The van der Waals surface area contributed by atoms with Crippen molar-refractivity contribution >= 4 is 15.9 Å². The lowest BCUT2D eigenvalue weighted by Crippen LogP contribution is -2.40. The molecule has 2 aliphatic heterocycles. The van der Waals surface area contributed by atoms with Gasteiger partial charge in [-0.05, 0) is 37.8 Å². The van der Waals surface area contributed by atoms with E-state index < -0.39 is 9.84 Å². The zero-order valence-corrected chi connectivity index (χ0v) is 11.3. The third-order valence-corrected chi connectivity index (χ3v) is 5.43. The summed E-state index contributed by atoms with van der Waals surface area (Å²) in [6.45, 7) is 3.12. The summed E-state index contributed by atoms with van der Waals surface area (Å²) in [4.78, 5) is 11.5. The van der Waals surface area contributed by atoms with Crippen LogP contribution >= 0.6 is 0 Å². The van der Waals surface area contributed by atoms with E-state index in [0.29, 0.717) is 25.4 Å². The molecule has 0 bridgehead atoms. The molecule has 2 rings (SSSR count). The third-order valence-electron chi connectivity index (χ3n) is 3.59. The van der Waals surface area contributed by atoms with E-state index in [1.807, 2.05) is 0 Å². The number of nitrogens with one attached hydrogen (secondary N) is 3. The SMILES string of the molecule is O=C(NCC1CCNC1)NCC1CCS(=O)(=O)C1. The highest BCUT2D eigenvalue weighted by molar-refractivity contribution is 7.91. The Balaban J connectivity index is 1.60. The minimum absolute atomic E-state index is 0.0777. The number of amides is 2. The number of rotatable bonds is 4. The van der Waals surface area contributed by atoms with Gasteiger partial charge in [0.2, 0.25) is 0 Å². The average molecular weight is 275 g/mol. The minimum Gasteiger partial charge on any atom is -0.338 e. The first kappa shape index (κ1) is 13.6. The molecule has 2 unspecified atom stereocenters. The maximum absolute atomic E-state index is 11.5. The molecule has 2 aliphatic rings. The van der Waals surface area contributed by atoms with Crippen LogP contribution in [-0.4, -0.2) is 52.1 Å². The number of urea groups is 1. The third kappa shape index (κ3) is 4.13. The summed E-state index contributed by atoms with van der Waals surface area (Å²) in [6, 6.07) is -0.189.